The Morgan fingerprint density at radius 2 is 2.07 bits per heavy atom. The van der Waals surface area contributed by atoms with Crippen molar-refractivity contribution >= 4 is 17.2 Å². The molecule has 2 heterocycles. The average molecular weight is 378 g/mol. The molecule has 0 spiro atoms. The zero-order valence-electron chi connectivity index (χ0n) is 15.1. The summed E-state index contributed by atoms with van der Waals surface area (Å²) in [7, 11) is 0. The summed E-state index contributed by atoms with van der Waals surface area (Å²) < 4.78 is 5.81. The number of thiophene rings is 1. The lowest BCUT2D eigenvalue weighted by molar-refractivity contribution is 0.0950. The fraction of sp³-hybridized carbons (Fsp3) is 0.273. The second kappa shape index (κ2) is 8.35. The summed E-state index contributed by atoms with van der Waals surface area (Å²) in [6.45, 7) is 0.919. The van der Waals surface area contributed by atoms with Crippen LogP contribution >= 0.6 is 11.3 Å². The molecule has 0 radical (unpaired) electrons. The van der Waals surface area contributed by atoms with Crippen LogP contribution < -0.4 is 10.1 Å². The minimum atomic E-state index is 0.0224. The molecule has 1 aromatic carbocycles. The Balaban J connectivity index is 1.36. The summed E-state index contributed by atoms with van der Waals surface area (Å²) in [6, 6.07) is 13.6. The number of amides is 1. The highest BCUT2D eigenvalue weighted by Gasteiger charge is 2.19. The van der Waals surface area contributed by atoms with Gasteiger partial charge in [0.25, 0.3) is 5.91 Å². The number of ether oxygens (including phenoxy) is 1. The van der Waals surface area contributed by atoms with Gasteiger partial charge >= 0.3 is 0 Å². The van der Waals surface area contributed by atoms with Gasteiger partial charge < -0.3 is 10.1 Å². The van der Waals surface area contributed by atoms with Gasteiger partial charge in [-0.05, 0) is 61.1 Å². The molecule has 1 aliphatic rings. The Kier molecular flexibility index (Phi) is 5.49. The molecule has 27 heavy (non-hydrogen) atoms. The van der Waals surface area contributed by atoms with Crippen molar-refractivity contribution in [2.45, 2.75) is 38.8 Å². The molecule has 0 atom stereocenters. The van der Waals surface area contributed by atoms with Crippen LogP contribution in [0.5, 0.6) is 5.75 Å². The van der Waals surface area contributed by atoms with E-state index in [4.69, 9.17) is 4.74 Å². The molecule has 0 fully saturated rings. The second-order valence-corrected chi connectivity index (χ2v) is 7.66. The number of carbonyl (C=O) groups is 1. The predicted octanol–water partition coefficient (Wildman–Crippen LogP) is 4.53. The van der Waals surface area contributed by atoms with Crippen molar-refractivity contribution in [3.63, 3.8) is 0 Å². The summed E-state index contributed by atoms with van der Waals surface area (Å²) >= 11 is 1.72. The molecule has 1 N–H and O–H groups in total. The van der Waals surface area contributed by atoms with E-state index >= 15 is 0 Å². The molecule has 4 rings (SSSR count). The molecule has 0 aliphatic heterocycles. The summed E-state index contributed by atoms with van der Waals surface area (Å²) in [5.74, 6) is 0.800. The maximum Gasteiger partial charge on any atom is 0.252 e. The Bertz CT molecular complexity index is 921. The van der Waals surface area contributed by atoms with E-state index in [-0.39, 0.29) is 5.91 Å². The molecule has 1 aliphatic carbocycles. The van der Waals surface area contributed by atoms with E-state index in [9.17, 15) is 4.79 Å². The van der Waals surface area contributed by atoms with E-state index in [0.29, 0.717) is 13.2 Å². The first-order valence-corrected chi connectivity index (χ1v) is 10.2. The monoisotopic (exact) mass is 378 g/mol. The van der Waals surface area contributed by atoms with Crippen LogP contribution in [0.15, 0.2) is 54.0 Å². The number of nitrogens with one attached hydrogen (secondary N) is 1. The number of benzene rings is 1. The number of aromatic nitrogens is 1. The number of nitrogens with zero attached hydrogens (tertiary/aromatic N) is 1. The van der Waals surface area contributed by atoms with Gasteiger partial charge in [0, 0.05) is 23.0 Å². The Hall–Kier alpha value is -2.66. The van der Waals surface area contributed by atoms with Gasteiger partial charge in [0.1, 0.15) is 12.4 Å². The van der Waals surface area contributed by atoms with E-state index in [1.165, 1.54) is 23.3 Å². The van der Waals surface area contributed by atoms with Gasteiger partial charge in [0.2, 0.25) is 0 Å². The van der Waals surface area contributed by atoms with Gasteiger partial charge in [-0.3, -0.25) is 9.78 Å². The first-order chi connectivity index (χ1) is 13.3. The number of hydrogen-bond donors (Lipinski definition) is 1. The summed E-state index contributed by atoms with van der Waals surface area (Å²) in [4.78, 5) is 18.2. The van der Waals surface area contributed by atoms with Crippen molar-refractivity contribution in [3.8, 4) is 5.75 Å². The van der Waals surface area contributed by atoms with E-state index in [0.717, 1.165) is 35.4 Å². The predicted molar refractivity (Wildman–Crippen MR) is 107 cm³/mol. The Morgan fingerprint density at radius 3 is 2.96 bits per heavy atom. The minimum Gasteiger partial charge on any atom is -0.487 e. The van der Waals surface area contributed by atoms with Crippen molar-refractivity contribution in [1.29, 1.82) is 0 Å². The number of fused-ring (bicyclic) bond motifs is 1. The molecule has 138 valence electrons. The topological polar surface area (TPSA) is 51.2 Å². The molecule has 2 aromatic heterocycles. The molecule has 1 amide bonds. The third-order valence-corrected chi connectivity index (χ3v) is 5.86. The Morgan fingerprint density at radius 1 is 1.15 bits per heavy atom. The van der Waals surface area contributed by atoms with Crippen LogP contribution in [0.25, 0.3) is 0 Å². The second-order valence-electron chi connectivity index (χ2n) is 6.70. The fourth-order valence-electron chi connectivity index (χ4n) is 3.35. The van der Waals surface area contributed by atoms with Crippen LogP contribution in [0.1, 0.15) is 44.9 Å². The van der Waals surface area contributed by atoms with Crippen LogP contribution in [0, 0.1) is 0 Å². The first kappa shape index (κ1) is 17.7. The van der Waals surface area contributed by atoms with E-state index in [1.807, 2.05) is 47.8 Å². The lowest BCUT2D eigenvalue weighted by atomic mass is 9.95. The lowest BCUT2D eigenvalue weighted by Gasteiger charge is -2.13. The maximum atomic E-state index is 12.6. The number of pyridine rings is 1. The van der Waals surface area contributed by atoms with Crippen LogP contribution in [-0.4, -0.2) is 10.9 Å². The average Bonchev–Trinajstić information content (AvgIpc) is 3.16. The zero-order chi connectivity index (χ0) is 18.5. The highest BCUT2D eigenvalue weighted by atomic mass is 32.1. The summed E-state index contributed by atoms with van der Waals surface area (Å²) in [6.07, 6.45) is 6.31. The molecule has 4 nitrogen and oxygen atoms in total. The molecular formula is C22H22N2O2S. The highest BCUT2D eigenvalue weighted by molar-refractivity contribution is 7.10. The van der Waals surface area contributed by atoms with Crippen molar-refractivity contribution in [2.24, 2.45) is 0 Å². The zero-order valence-corrected chi connectivity index (χ0v) is 15.9. The molecule has 0 saturated carbocycles. The maximum absolute atomic E-state index is 12.6. The van der Waals surface area contributed by atoms with Crippen LogP contribution in [0.2, 0.25) is 0 Å². The third-order valence-electron chi connectivity index (χ3n) is 4.77. The summed E-state index contributed by atoms with van der Waals surface area (Å²) in [5, 5.41) is 5.06. The molecular weight excluding hydrogens is 356 g/mol. The lowest BCUT2D eigenvalue weighted by Crippen LogP contribution is -2.23. The van der Waals surface area contributed by atoms with Crippen molar-refractivity contribution in [2.75, 3.05) is 0 Å². The van der Waals surface area contributed by atoms with Crippen LogP contribution in [-0.2, 0) is 26.0 Å². The standard InChI is InChI=1S/C22H22N2O2S/c25-22(20-15-27-21-10-2-1-9-19(20)21)24-13-16-6-5-8-18(12-16)26-14-17-7-3-4-11-23-17/h3-8,11-12,15H,1-2,9-10,13-14H2,(H,24,25). The third kappa shape index (κ3) is 4.37. The smallest absolute Gasteiger partial charge is 0.252 e. The molecule has 3 aromatic rings. The van der Waals surface area contributed by atoms with Crippen molar-refractivity contribution in [3.05, 3.63) is 81.3 Å². The van der Waals surface area contributed by atoms with Gasteiger partial charge in [-0.2, -0.15) is 0 Å². The van der Waals surface area contributed by atoms with Crippen molar-refractivity contribution < 1.29 is 9.53 Å². The fourth-order valence-corrected chi connectivity index (χ4v) is 4.47. The van der Waals surface area contributed by atoms with Crippen LogP contribution in [0.4, 0.5) is 0 Å². The molecule has 5 heteroatoms. The van der Waals surface area contributed by atoms with E-state index in [2.05, 4.69) is 10.3 Å². The van der Waals surface area contributed by atoms with Crippen LogP contribution in [0.3, 0.4) is 0 Å². The number of aryl methyl sites for hydroxylation is 1. The normalized spacial score (nSPS) is 13.0. The first-order valence-electron chi connectivity index (χ1n) is 9.29. The Labute approximate surface area is 163 Å². The van der Waals surface area contributed by atoms with Gasteiger partial charge in [0.05, 0.1) is 11.3 Å². The molecule has 0 saturated heterocycles. The highest BCUT2D eigenvalue weighted by Crippen LogP contribution is 2.30. The number of rotatable bonds is 6. The van der Waals surface area contributed by atoms with E-state index in [1.54, 1.807) is 17.5 Å². The SMILES string of the molecule is O=C(NCc1cccc(OCc2ccccn2)c1)c1csc2c1CCCC2. The largest absolute Gasteiger partial charge is 0.487 e. The van der Waals surface area contributed by atoms with Crippen molar-refractivity contribution in [1.82, 2.24) is 10.3 Å². The number of hydrogen-bond acceptors (Lipinski definition) is 4. The van der Waals surface area contributed by atoms with Gasteiger partial charge in [0.15, 0.2) is 0 Å². The molecule has 0 unspecified atom stereocenters. The summed E-state index contributed by atoms with van der Waals surface area (Å²) in [5.41, 5.74) is 4.03. The van der Waals surface area contributed by atoms with Gasteiger partial charge in [-0.1, -0.05) is 18.2 Å². The quantitative estimate of drug-likeness (QED) is 0.686. The van der Waals surface area contributed by atoms with Gasteiger partial charge in [-0.15, -0.1) is 11.3 Å². The van der Waals surface area contributed by atoms with E-state index < -0.39 is 0 Å². The van der Waals surface area contributed by atoms with Gasteiger partial charge in [-0.25, -0.2) is 0 Å². The molecule has 0 bridgehead atoms. The number of carbonyl (C=O) groups excluding carboxylic acids is 1. The minimum absolute atomic E-state index is 0.0224.